The predicted molar refractivity (Wildman–Crippen MR) is 93.0 cm³/mol. The van der Waals surface area contributed by atoms with E-state index in [1.54, 1.807) is 4.90 Å². The predicted octanol–water partition coefficient (Wildman–Crippen LogP) is 3.31. The van der Waals surface area contributed by atoms with Gasteiger partial charge in [-0.15, -0.1) is 0 Å². The normalized spacial score (nSPS) is 24.9. The number of amides is 2. The van der Waals surface area contributed by atoms with Crippen molar-refractivity contribution in [3.63, 3.8) is 0 Å². The van der Waals surface area contributed by atoms with Crippen LogP contribution >= 0.6 is 0 Å². The summed E-state index contributed by atoms with van der Waals surface area (Å²) < 4.78 is 10.7. The number of hydrogen-bond acceptors (Lipinski definition) is 4. The van der Waals surface area contributed by atoms with Crippen molar-refractivity contribution in [1.29, 1.82) is 0 Å². The van der Waals surface area contributed by atoms with Crippen molar-refractivity contribution in [3.05, 3.63) is 35.9 Å². The molecule has 1 heterocycles. The van der Waals surface area contributed by atoms with Crippen LogP contribution in [0.25, 0.3) is 0 Å². The standard InChI is InChI=1S/C19H26N2O4/c1-18(2,3)25-17(23)21-10-9-19(13-21)11-15(19)20-16(22)24-12-14-7-5-4-6-8-14/h4-8,15H,9-13H2,1-3H3,(H,20,22). The van der Waals surface area contributed by atoms with E-state index in [1.165, 1.54) is 0 Å². The Kier molecular flexibility index (Phi) is 4.62. The Morgan fingerprint density at radius 2 is 2.00 bits per heavy atom. The highest BCUT2D eigenvalue weighted by Gasteiger charge is 2.59. The molecule has 136 valence electrons. The first kappa shape index (κ1) is 17.6. The topological polar surface area (TPSA) is 67.9 Å². The lowest BCUT2D eigenvalue weighted by molar-refractivity contribution is 0.0285. The highest BCUT2D eigenvalue weighted by Crippen LogP contribution is 2.53. The van der Waals surface area contributed by atoms with Crippen LogP contribution in [-0.2, 0) is 16.1 Å². The van der Waals surface area contributed by atoms with Crippen LogP contribution in [-0.4, -0.2) is 41.8 Å². The summed E-state index contributed by atoms with van der Waals surface area (Å²) in [7, 11) is 0. The summed E-state index contributed by atoms with van der Waals surface area (Å²) in [6.45, 7) is 7.15. The Balaban J connectivity index is 1.43. The SMILES string of the molecule is CC(C)(C)OC(=O)N1CCC2(CC2NC(=O)OCc2ccccc2)C1. The minimum absolute atomic E-state index is 0.0112. The van der Waals surface area contributed by atoms with Gasteiger partial charge in [0.15, 0.2) is 0 Å². The molecule has 1 spiro atoms. The van der Waals surface area contributed by atoms with Crippen molar-refractivity contribution in [2.75, 3.05) is 13.1 Å². The summed E-state index contributed by atoms with van der Waals surface area (Å²) in [5.41, 5.74) is 0.456. The molecule has 1 N–H and O–H groups in total. The zero-order valence-corrected chi connectivity index (χ0v) is 15.1. The average molecular weight is 346 g/mol. The smallest absolute Gasteiger partial charge is 0.410 e. The number of alkyl carbamates (subject to hydrolysis) is 1. The summed E-state index contributed by atoms with van der Waals surface area (Å²) >= 11 is 0. The number of hydrogen-bond donors (Lipinski definition) is 1. The number of ether oxygens (including phenoxy) is 2. The lowest BCUT2D eigenvalue weighted by atomic mass is 10.1. The third kappa shape index (κ3) is 4.44. The molecule has 1 aliphatic heterocycles. The van der Waals surface area contributed by atoms with Crippen LogP contribution in [0.15, 0.2) is 30.3 Å². The minimum atomic E-state index is -0.491. The molecule has 2 aliphatic rings. The molecular formula is C19H26N2O4. The minimum Gasteiger partial charge on any atom is -0.445 e. The number of benzene rings is 1. The van der Waals surface area contributed by atoms with Crippen LogP contribution in [0.1, 0.15) is 39.2 Å². The van der Waals surface area contributed by atoms with E-state index >= 15 is 0 Å². The third-order valence-corrected chi connectivity index (χ3v) is 4.73. The maximum Gasteiger partial charge on any atom is 0.410 e. The van der Waals surface area contributed by atoms with Gasteiger partial charge in [-0.05, 0) is 39.2 Å². The molecule has 0 bridgehead atoms. The zero-order chi connectivity index (χ0) is 18.1. The van der Waals surface area contributed by atoms with Crippen LogP contribution in [0.2, 0.25) is 0 Å². The fraction of sp³-hybridized carbons (Fsp3) is 0.579. The molecule has 1 saturated carbocycles. The molecule has 2 unspecified atom stereocenters. The number of carbonyl (C=O) groups excluding carboxylic acids is 2. The van der Waals surface area contributed by atoms with Crippen LogP contribution in [0, 0.1) is 5.41 Å². The highest BCUT2D eigenvalue weighted by atomic mass is 16.6. The molecule has 1 saturated heterocycles. The van der Waals surface area contributed by atoms with Crippen molar-refractivity contribution in [3.8, 4) is 0 Å². The van der Waals surface area contributed by atoms with E-state index in [-0.39, 0.29) is 24.2 Å². The van der Waals surface area contributed by atoms with Crippen molar-refractivity contribution in [1.82, 2.24) is 10.2 Å². The van der Waals surface area contributed by atoms with Crippen molar-refractivity contribution < 1.29 is 19.1 Å². The quantitative estimate of drug-likeness (QED) is 0.912. The molecule has 6 heteroatoms. The van der Waals surface area contributed by atoms with Gasteiger partial charge in [0, 0.05) is 24.5 Å². The van der Waals surface area contributed by atoms with Crippen molar-refractivity contribution in [2.24, 2.45) is 5.41 Å². The van der Waals surface area contributed by atoms with Crippen LogP contribution in [0.3, 0.4) is 0 Å². The van der Waals surface area contributed by atoms with E-state index in [4.69, 9.17) is 9.47 Å². The molecule has 3 rings (SSSR count). The van der Waals surface area contributed by atoms with Gasteiger partial charge >= 0.3 is 12.2 Å². The van der Waals surface area contributed by atoms with Gasteiger partial charge in [-0.2, -0.15) is 0 Å². The number of rotatable bonds is 3. The summed E-state index contributed by atoms with van der Waals surface area (Å²) in [6.07, 6.45) is 1.09. The number of nitrogens with one attached hydrogen (secondary N) is 1. The second-order valence-electron chi connectivity index (χ2n) is 7.98. The van der Waals surface area contributed by atoms with Crippen LogP contribution in [0.5, 0.6) is 0 Å². The Labute approximate surface area is 148 Å². The van der Waals surface area contributed by atoms with Gasteiger partial charge in [0.05, 0.1) is 0 Å². The molecule has 1 aromatic rings. The second kappa shape index (κ2) is 6.58. The first-order chi connectivity index (χ1) is 11.8. The molecule has 2 amide bonds. The third-order valence-electron chi connectivity index (χ3n) is 4.73. The number of likely N-dealkylation sites (tertiary alicyclic amines) is 1. The Morgan fingerprint density at radius 3 is 2.68 bits per heavy atom. The summed E-state index contributed by atoms with van der Waals surface area (Å²) in [5, 5.41) is 2.92. The number of carbonyl (C=O) groups is 2. The van der Waals surface area contributed by atoms with Gasteiger partial charge < -0.3 is 19.7 Å². The average Bonchev–Trinajstić information content (AvgIpc) is 3.00. The second-order valence-corrected chi connectivity index (χ2v) is 7.98. The van der Waals surface area contributed by atoms with Gasteiger partial charge in [0.1, 0.15) is 12.2 Å². The van der Waals surface area contributed by atoms with Gasteiger partial charge in [-0.1, -0.05) is 30.3 Å². The van der Waals surface area contributed by atoms with Crippen LogP contribution in [0.4, 0.5) is 9.59 Å². The largest absolute Gasteiger partial charge is 0.445 e. The fourth-order valence-electron chi connectivity index (χ4n) is 3.29. The maximum atomic E-state index is 12.2. The van der Waals surface area contributed by atoms with Crippen LogP contribution < -0.4 is 5.32 Å². The van der Waals surface area contributed by atoms with Gasteiger partial charge in [0.2, 0.25) is 0 Å². The maximum absolute atomic E-state index is 12.2. The Morgan fingerprint density at radius 1 is 1.28 bits per heavy atom. The lowest BCUT2D eigenvalue weighted by Gasteiger charge is -2.24. The summed E-state index contributed by atoms with van der Waals surface area (Å²) in [6, 6.07) is 9.66. The van der Waals surface area contributed by atoms with E-state index in [9.17, 15) is 9.59 Å². The van der Waals surface area contributed by atoms with E-state index in [1.807, 2.05) is 51.1 Å². The summed E-state index contributed by atoms with van der Waals surface area (Å²) in [5.74, 6) is 0. The molecule has 0 radical (unpaired) electrons. The van der Waals surface area contributed by atoms with E-state index < -0.39 is 11.7 Å². The molecule has 6 nitrogen and oxygen atoms in total. The first-order valence-corrected chi connectivity index (χ1v) is 8.73. The molecule has 0 aromatic heterocycles. The van der Waals surface area contributed by atoms with Gasteiger partial charge in [-0.25, -0.2) is 9.59 Å². The number of nitrogens with zero attached hydrogens (tertiary/aromatic N) is 1. The molecule has 2 fully saturated rings. The molecular weight excluding hydrogens is 320 g/mol. The Bertz CT molecular complexity index is 641. The molecule has 1 aromatic carbocycles. The fourth-order valence-corrected chi connectivity index (χ4v) is 3.29. The molecule has 2 atom stereocenters. The highest BCUT2D eigenvalue weighted by molar-refractivity contribution is 5.70. The molecule has 1 aliphatic carbocycles. The van der Waals surface area contributed by atoms with E-state index in [2.05, 4.69) is 5.32 Å². The van der Waals surface area contributed by atoms with Crippen molar-refractivity contribution >= 4 is 12.2 Å². The van der Waals surface area contributed by atoms with Crippen molar-refractivity contribution in [2.45, 2.75) is 51.9 Å². The van der Waals surface area contributed by atoms with E-state index in [0.29, 0.717) is 13.1 Å². The van der Waals surface area contributed by atoms with E-state index in [0.717, 1.165) is 18.4 Å². The van der Waals surface area contributed by atoms with Gasteiger partial charge in [-0.3, -0.25) is 0 Å². The van der Waals surface area contributed by atoms with Gasteiger partial charge in [0.25, 0.3) is 0 Å². The summed E-state index contributed by atoms with van der Waals surface area (Å²) in [4.78, 5) is 25.9. The molecule has 25 heavy (non-hydrogen) atoms. The first-order valence-electron chi connectivity index (χ1n) is 8.73. The Hall–Kier alpha value is -2.24. The monoisotopic (exact) mass is 346 g/mol. The zero-order valence-electron chi connectivity index (χ0n) is 15.1. The lowest BCUT2D eigenvalue weighted by Crippen LogP contribution is -2.36.